The molecule has 0 saturated heterocycles. The third-order valence-corrected chi connectivity index (χ3v) is 3.35. The van der Waals surface area contributed by atoms with Gasteiger partial charge in [-0.05, 0) is 52.4 Å². The van der Waals surface area contributed by atoms with Gasteiger partial charge in [-0.1, -0.05) is 23.7 Å². The molecule has 0 amide bonds. The molecule has 20 heavy (non-hydrogen) atoms. The Kier molecular flexibility index (Phi) is 6.03. The van der Waals surface area contributed by atoms with Crippen LogP contribution in [0.25, 0.3) is 0 Å². The van der Waals surface area contributed by atoms with Gasteiger partial charge in [0.15, 0.2) is 0 Å². The summed E-state index contributed by atoms with van der Waals surface area (Å²) in [7, 11) is 2.00. The smallest absolute Gasteiger partial charge is 0.307 e. The molecule has 112 valence electrons. The zero-order chi connectivity index (χ0) is 15.3. The van der Waals surface area contributed by atoms with Gasteiger partial charge in [0.2, 0.25) is 0 Å². The van der Waals surface area contributed by atoms with E-state index in [1.807, 2.05) is 52.1 Å². The Balaban J connectivity index is 2.48. The standard InChI is InChI=1S/C16H24ClNO2/c1-12(13-6-8-14(17)9-7-13)18(5)11-10-15(19)20-16(2,3)4/h6-9,12H,10-11H2,1-5H3. The summed E-state index contributed by atoms with van der Waals surface area (Å²) in [6.45, 7) is 8.41. The minimum atomic E-state index is -0.419. The molecule has 3 nitrogen and oxygen atoms in total. The normalized spacial score (nSPS) is 13.3. The van der Waals surface area contributed by atoms with Crippen molar-refractivity contribution in [1.82, 2.24) is 4.90 Å². The van der Waals surface area contributed by atoms with E-state index in [4.69, 9.17) is 16.3 Å². The molecular formula is C16H24ClNO2. The molecule has 0 radical (unpaired) electrons. The highest BCUT2D eigenvalue weighted by atomic mass is 35.5. The number of nitrogens with zero attached hydrogens (tertiary/aromatic N) is 1. The fourth-order valence-electron chi connectivity index (χ4n) is 1.85. The molecular weight excluding hydrogens is 274 g/mol. The van der Waals surface area contributed by atoms with Gasteiger partial charge in [0.05, 0.1) is 6.42 Å². The number of hydrogen-bond donors (Lipinski definition) is 0. The van der Waals surface area contributed by atoms with Crippen molar-refractivity contribution in [1.29, 1.82) is 0 Å². The fourth-order valence-corrected chi connectivity index (χ4v) is 1.98. The highest BCUT2D eigenvalue weighted by molar-refractivity contribution is 6.30. The van der Waals surface area contributed by atoms with E-state index in [2.05, 4.69) is 11.8 Å². The summed E-state index contributed by atoms with van der Waals surface area (Å²) in [6.07, 6.45) is 0.395. The molecule has 0 aliphatic heterocycles. The van der Waals surface area contributed by atoms with Gasteiger partial charge in [0.25, 0.3) is 0 Å². The van der Waals surface area contributed by atoms with Gasteiger partial charge >= 0.3 is 5.97 Å². The predicted octanol–water partition coefficient (Wildman–Crippen LogP) is 4.06. The molecule has 0 fully saturated rings. The molecule has 0 aromatic heterocycles. The van der Waals surface area contributed by atoms with Crippen LogP contribution < -0.4 is 0 Å². The van der Waals surface area contributed by atoms with Gasteiger partial charge in [0, 0.05) is 17.6 Å². The highest BCUT2D eigenvalue weighted by Crippen LogP contribution is 2.21. The Labute approximate surface area is 126 Å². The lowest BCUT2D eigenvalue weighted by atomic mass is 10.1. The van der Waals surface area contributed by atoms with Crippen molar-refractivity contribution in [2.45, 2.75) is 45.8 Å². The zero-order valence-corrected chi connectivity index (χ0v) is 13.7. The minimum absolute atomic E-state index is 0.160. The minimum Gasteiger partial charge on any atom is -0.460 e. The Morgan fingerprint density at radius 1 is 1.30 bits per heavy atom. The topological polar surface area (TPSA) is 29.5 Å². The first-order valence-electron chi connectivity index (χ1n) is 6.86. The van der Waals surface area contributed by atoms with E-state index in [1.54, 1.807) is 0 Å². The average Bonchev–Trinajstić information content (AvgIpc) is 2.34. The van der Waals surface area contributed by atoms with Crippen LogP contribution in [0.1, 0.15) is 45.7 Å². The summed E-state index contributed by atoms with van der Waals surface area (Å²) in [5.74, 6) is -0.160. The summed E-state index contributed by atoms with van der Waals surface area (Å²) in [5, 5.41) is 0.734. The van der Waals surface area contributed by atoms with E-state index < -0.39 is 5.60 Å². The van der Waals surface area contributed by atoms with Gasteiger partial charge in [-0.2, -0.15) is 0 Å². The number of carbonyl (C=O) groups excluding carboxylic acids is 1. The molecule has 4 heteroatoms. The maximum atomic E-state index is 11.7. The Hall–Kier alpha value is -1.06. The molecule has 0 aliphatic carbocycles. The number of rotatable bonds is 5. The molecule has 1 rings (SSSR count). The molecule has 1 atom stereocenters. The first-order chi connectivity index (χ1) is 9.19. The zero-order valence-electron chi connectivity index (χ0n) is 12.9. The third kappa shape index (κ3) is 5.93. The summed E-state index contributed by atoms with van der Waals surface area (Å²) < 4.78 is 5.31. The number of hydrogen-bond acceptors (Lipinski definition) is 3. The molecule has 1 unspecified atom stereocenters. The van der Waals surface area contributed by atoms with Crippen LogP contribution in [0.15, 0.2) is 24.3 Å². The Morgan fingerprint density at radius 2 is 1.85 bits per heavy atom. The van der Waals surface area contributed by atoms with Crippen LogP contribution in [0.5, 0.6) is 0 Å². The van der Waals surface area contributed by atoms with Gasteiger partial charge in [-0.25, -0.2) is 0 Å². The third-order valence-electron chi connectivity index (χ3n) is 3.10. The van der Waals surface area contributed by atoms with Crippen molar-refractivity contribution >= 4 is 17.6 Å². The first-order valence-corrected chi connectivity index (χ1v) is 7.24. The van der Waals surface area contributed by atoms with E-state index in [9.17, 15) is 4.79 Å². The molecule has 1 aromatic carbocycles. The average molecular weight is 298 g/mol. The lowest BCUT2D eigenvalue weighted by Crippen LogP contribution is -2.29. The van der Waals surface area contributed by atoms with E-state index in [0.717, 1.165) is 5.02 Å². The van der Waals surface area contributed by atoms with Crippen LogP contribution in [-0.2, 0) is 9.53 Å². The van der Waals surface area contributed by atoms with Crippen LogP contribution in [0.2, 0.25) is 5.02 Å². The summed E-state index contributed by atoms with van der Waals surface area (Å²) in [6, 6.07) is 8.02. The quantitative estimate of drug-likeness (QED) is 0.768. The maximum Gasteiger partial charge on any atom is 0.307 e. The largest absolute Gasteiger partial charge is 0.460 e. The van der Waals surface area contributed by atoms with Crippen molar-refractivity contribution < 1.29 is 9.53 Å². The maximum absolute atomic E-state index is 11.7. The second-order valence-electron chi connectivity index (χ2n) is 6.04. The fraction of sp³-hybridized carbons (Fsp3) is 0.562. The number of carbonyl (C=O) groups is 1. The van der Waals surface area contributed by atoms with Crippen molar-refractivity contribution in [2.24, 2.45) is 0 Å². The highest BCUT2D eigenvalue weighted by Gasteiger charge is 2.18. The van der Waals surface area contributed by atoms with Crippen LogP contribution in [0.3, 0.4) is 0 Å². The number of halogens is 1. The van der Waals surface area contributed by atoms with Gasteiger partial charge in [-0.15, -0.1) is 0 Å². The molecule has 1 aromatic rings. The van der Waals surface area contributed by atoms with Crippen LogP contribution in [0, 0.1) is 0 Å². The molecule has 0 spiro atoms. The Morgan fingerprint density at radius 3 is 2.35 bits per heavy atom. The number of benzene rings is 1. The van der Waals surface area contributed by atoms with E-state index in [-0.39, 0.29) is 12.0 Å². The van der Waals surface area contributed by atoms with Crippen molar-refractivity contribution in [3.8, 4) is 0 Å². The van der Waals surface area contributed by atoms with Crippen LogP contribution in [0.4, 0.5) is 0 Å². The lowest BCUT2D eigenvalue weighted by molar-refractivity contribution is -0.155. The summed E-state index contributed by atoms with van der Waals surface area (Å²) in [5.41, 5.74) is 0.762. The lowest BCUT2D eigenvalue weighted by Gasteiger charge is -2.26. The summed E-state index contributed by atoms with van der Waals surface area (Å²) >= 11 is 5.89. The first kappa shape index (κ1) is 17.0. The van der Waals surface area contributed by atoms with Crippen LogP contribution in [-0.4, -0.2) is 30.1 Å². The molecule has 0 aliphatic rings. The van der Waals surface area contributed by atoms with Gasteiger partial charge < -0.3 is 4.74 Å². The predicted molar refractivity (Wildman–Crippen MR) is 83.0 cm³/mol. The second kappa shape index (κ2) is 7.09. The van der Waals surface area contributed by atoms with Crippen LogP contribution >= 0.6 is 11.6 Å². The van der Waals surface area contributed by atoms with E-state index in [1.165, 1.54) is 5.56 Å². The van der Waals surface area contributed by atoms with Gasteiger partial charge in [0.1, 0.15) is 5.60 Å². The SMILES string of the molecule is CC(c1ccc(Cl)cc1)N(C)CCC(=O)OC(C)(C)C. The summed E-state index contributed by atoms with van der Waals surface area (Å²) in [4.78, 5) is 13.8. The molecule has 0 saturated carbocycles. The van der Waals surface area contributed by atoms with E-state index >= 15 is 0 Å². The van der Waals surface area contributed by atoms with Crippen molar-refractivity contribution in [3.05, 3.63) is 34.9 Å². The molecule has 0 bridgehead atoms. The molecule has 0 N–H and O–H groups in total. The second-order valence-corrected chi connectivity index (χ2v) is 6.48. The van der Waals surface area contributed by atoms with Gasteiger partial charge in [-0.3, -0.25) is 9.69 Å². The number of esters is 1. The monoisotopic (exact) mass is 297 g/mol. The van der Waals surface area contributed by atoms with Crippen molar-refractivity contribution in [3.63, 3.8) is 0 Å². The van der Waals surface area contributed by atoms with E-state index in [0.29, 0.717) is 13.0 Å². The Bertz CT molecular complexity index is 437. The number of ether oxygens (including phenoxy) is 1. The van der Waals surface area contributed by atoms with Crippen molar-refractivity contribution in [2.75, 3.05) is 13.6 Å². The molecule has 0 heterocycles.